The molecule has 3 amide bonds. The zero-order valence-corrected chi connectivity index (χ0v) is 12.4. The third-order valence-electron chi connectivity index (χ3n) is 2.49. The third-order valence-corrected chi connectivity index (χ3v) is 2.78. The van der Waals surface area contributed by atoms with Crippen LogP contribution >= 0.6 is 11.6 Å². The number of nitriles is 1. The molecule has 1 aromatic rings. The Balaban J connectivity index is 2.39. The second kappa shape index (κ2) is 8.82. The van der Waals surface area contributed by atoms with E-state index in [0.29, 0.717) is 12.1 Å². The first-order chi connectivity index (χ1) is 10.1. The van der Waals surface area contributed by atoms with Crippen LogP contribution in [0.5, 0.6) is 5.75 Å². The molecule has 21 heavy (non-hydrogen) atoms. The van der Waals surface area contributed by atoms with Crippen molar-refractivity contribution in [1.29, 1.82) is 5.26 Å². The lowest BCUT2D eigenvalue weighted by Crippen LogP contribution is -2.41. The lowest BCUT2D eigenvalue weighted by atomic mass is 10.2. The minimum absolute atomic E-state index is 0.231. The van der Waals surface area contributed by atoms with Crippen LogP contribution in [0, 0.1) is 11.3 Å². The minimum Gasteiger partial charge on any atom is -0.482 e. The fourth-order valence-corrected chi connectivity index (χ4v) is 1.65. The third kappa shape index (κ3) is 6.15. The maximum absolute atomic E-state index is 11.5. The van der Waals surface area contributed by atoms with E-state index in [1.807, 2.05) is 13.0 Å². The Bertz CT molecular complexity index is 555. The van der Waals surface area contributed by atoms with Crippen molar-refractivity contribution in [3.63, 3.8) is 0 Å². The number of nitrogens with zero attached hydrogens (tertiary/aromatic N) is 1. The Morgan fingerprint density at radius 1 is 1.43 bits per heavy atom. The van der Waals surface area contributed by atoms with Crippen molar-refractivity contribution in [3.05, 3.63) is 28.8 Å². The topological polar surface area (TPSA) is 91.2 Å². The van der Waals surface area contributed by atoms with E-state index in [0.717, 1.165) is 12.8 Å². The summed E-state index contributed by atoms with van der Waals surface area (Å²) in [6, 6.07) is 5.84. The molecule has 0 saturated heterocycles. The van der Waals surface area contributed by atoms with Crippen LogP contribution in [0.25, 0.3) is 0 Å². The predicted molar refractivity (Wildman–Crippen MR) is 78.1 cm³/mol. The van der Waals surface area contributed by atoms with Crippen molar-refractivity contribution in [2.75, 3.05) is 13.2 Å². The highest BCUT2D eigenvalue weighted by molar-refractivity contribution is 6.32. The molecule has 1 rings (SSSR count). The number of carbonyl (C=O) groups excluding carboxylic acids is 2. The fourth-order valence-electron chi connectivity index (χ4n) is 1.42. The quantitative estimate of drug-likeness (QED) is 0.788. The molecule has 2 N–H and O–H groups in total. The molecule has 0 saturated carbocycles. The summed E-state index contributed by atoms with van der Waals surface area (Å²) in [5.74, 6) is -0.304. The summed E-state index contributed by atoms with van der Waals surface area (Å²) in [5.41, 5.74) is 0.395. The first-order valence-corrected chi connectivity index (χ1v) is 6.84. The van der Waals surface area contributed by atoms with Gasteiger partial charge in [-0.25, -0.2) is 4.79 Å². The number of urea groups is 1. The van der Waals surface area contributed by atoms with E-state index in [2.05, 4.69) is 10.6 Å². The van der Waals surface area contributed by atoms with E-state index >= 15 is 0 Å². The van der Waals surface area contributed by atoms with E-state index in [-0.39, 0.29) is 17.4 Å². The van der Waals surface area contributed by atoms with Crippen LogP contribution < -0.4 is 15.4 Å². The monoisotopic (exact) mass is 309 g/mol. The summed E-state index contributed by atoms with van der Waals surface area (Å²) in [6.45, 7) is 2.17. The first-order valence-electron chi connectivity index (χ1n) is 6.47. The molecule has 0 atom stereocenters. The lowest BCUT2D eigenvalue weighted by Gasteiger charge is -2.09. The summed E-state index contributed by atoms with van der Waals surface area (Å²) in [4.78, 5) is 22.8. The molecule has 0 heterocycles. The maximum atomic E-state index is 11.5. The minimum atomic E-state index is -0.579. The number of halogens is 1. The number of carbonyl (C=O) groups is 2. The number of hydrogen-bond acceptors (Lipinski definition) is 4. The highest BCUT2D eigenvalue weighted by Gasteiger charge is 2.09. The number of amides is 3. The summed E-state index contributed by atoms with van der Waals surface area (Å²) in [6.07, 6.45) is 1.80. The predicted octanol–water partition coefficient (Wildman–Crippen LogP) is 2.22. The highest BCUT2D eigenvalue weighted by Crippen LogP contribution is 2.24. The van der Waals surface area contributed by atoms with Crippen molar-refractivity contribution < 1.29 is 14.3 Å². The molecule has 0 aliphatic rings. The smallest absolute Gasteiger partial charge is 0.321 e. The van der Waals surface area contributed by atoms with Crippen LogP contribution in [0.15, 0.2) is 18.2 Å². The molecular weight excluding hydrogens is 294 g/mol. The van der Waals surface area contributed by atoms with E-state index in [1.54, 1.807) is 0 Å². The second-order valence-corrected chi connectivity index (χ2v) is 4.61. The Kier molecular flexibility index (Phi) is 7.05. The van der Waals surface area contributed by atoms with E-state index in [9.17, 15) is 9.59 Å². The van der Waals surface area contributed by atoms with Gasteiger partial charge in [-0.05, 0) is 24.6 Å². The molecule has 112 valence electrons. The SMILES string of the molecule is CCCCNC(=O)NC(=O)COc1ccc(C#N)cc1Cl. The van der Waals surface area contributed by atoms with E-state index in [4.69, 9.17) is 21.6 Å². The number of hydrogen-bond donors (Lipinski definition) is 2. The summed E-state index contributed by atoms with van der Waals surface area (Å²) >= 11 is 5.89. The number of nitrogens with one attached hydrogen (secondary N) is 2. The van der Waals surface area contributed by atoms with E-state index in [1.165, 1.54) is 18.2 Å². The molecule has 0 bridgehead atoms. The van der Waals surface area contributed by atoms with Gasteiger partial charge in [-0.2, -0.15) is 5.26 Å². The van der Waals surface area contributed by atoms with Gasteiger partial charge in [0.2, 0.25) is 0 Å². The Morgan fingerprint density at radius 3 is 2.81 bits per heavy atom. The molecule has 0 unspecified atom stereocenters. The van der Waals surface area contributed by atoms with Crippen LogP contribution in [0.4, 0.5) is 4.79 Å². The van der Waals surface area contributed by atoms with Gasteiger partial charge in [-0.15, -0.1) is 0 Å². The van der Waals surface area contributed by atoms with Crippen molar-refractivity contribution in [2.45, 2.75) is 19.8 Å². The Morgan fingerprint density at radius 2 is 2.19 bits per heavy atom. The van der Waals surface area contributed by atoms with Gasteiger partial charge in [-0.3, -0.25) is 10.1 Å². The zero-order chi connectivity index (χ0) is 15.7. The van der Waals surface area contributed by atoms with Crippen molar-refractivity contribution in [2.24, 2.45) is 0 Å². The second-order valence-electron chi connectivity index (χ2n) is 4.20. The molecule has 7 heteroatoms. The number of imide groups is 1. The number of ether oxygens (including phenoxy) is 1. The molecule has 6 nitrogen and oxygen atoms in total. The fraction of sp³-hybridized carbons (Fsp3) is 0.357. The van der Waals surface area contributed by atoms with Crippen molar-refractivity contribution in [1.82, 2.24) is 10.6 Å². The van der Waals surface area contributed by atoms with Gasteiger partial charge in [0.15, 0.2) is 6.61 Å². The lowest BCUT2D eigenvalue weighted by molar-refractivity contribution is -0.122. The van der Waals surface area contributed by atoms with Crippen LogP contribution in [-0.2, 0) is 4.79 Å². The van der Waals surface area contributed by atoms with E-state index < -0.39 is 11.9 Å². The first kappa shape index (κ1) is 16.8. The van der Waals surface area contributed by atoms with Crippen molar-refractivity contribution >= 4 is 23.5 Å². The Hall–Kier alpha value is -2.26. The molecule has 1 aromatic carbocycles. The summed E-state index contributed by atoms with van der Waals surface area (Å²) < 4.78 is 5.19. The van der Waals surface area contributed by atoms with Crippen LogP contribution in [0.1, 0.15) is 25.3 Å². The van der Waals surface area contributed by atoms with Gasteiger partial charge in [-0.1, -0.05) is 24.9 Å². The van der Waals surface area contributed by atoms with Gasteiger partial charge in [0.05, 0.1) is 16.7 Å². The Labute approximate surface area is 128 Å². The summed E-state index contributed by atoms with van der Waals surface area (Å²) in [7, 11) is 0. The molecule has 0 fully saturated rings. The molecule has 0 radical (unpaired) electrons. The van der Waals surface area contributed by atoms with Gasteiger partial charge in [0, 0.05) is 6.54 Å². The summed E-state index contributed by atoms with van der Waals surface area (Å²) in [5, 5.41) is 13.6. The van der Waals surface area contributed by atoms with Crippen molar-refractivity contribution in [3.8, 4) is 11.8 Å². The van der Waals surface area contributed by atoms with Crippen LogP contribution in [0.2, 0.25) is 5.02 Å². The van der Waals surface area contributed by atoms with Gasteiger partial charge >= 0.3 is 6.03 Å². The van der Waals surface area contributed by atoms with Crippen LogP contribution in [0.3, 0.4) is 0 Å². The average molecular weight is 310 g/mol. The standard InChI is InChI=1S/C14H16ClN3O3/c1-2-3-6-17-14(20)18-13(19)9-21-12-5-4-10(8-16)7-11(12)15/h4-5,7H,2-3,6,9H2,1H3,(H2,17,18,19,20). The van der Waals surface area contributed by atoms with Gasteiger partial charge < -0.3 is 10.1 Å². The van der Waals surface area contributed by atoms with Gasteiger partial charge in [0.1, 0.15) is 5.75 Å². The molecular formula is C14H16ClN3O3. The van der Waals surface area contributed by atoms with Gasteiger partial charge in [0.25, 0.3) is 5.91 Å². The number of benzene rings is 1. The molecule has 0 aliphatic heterocycles. The normalized spacial score (nSPS) is 9.57. The maximum Gasteiger partial charge on any atom is 0.321 e. The van der Waals surface area contributed by atoms with Crippen LogP contribution in [-0.4, -0.2) is 25.1 Å². The zero-order valence-electron chi connectivity index (χ0n) is 11.6. The highest BCUT2D eigenvalue weighted by atomic mass is 35.5. The number of unbranched alkanes of at least 4 members (excludes halogenated alkanes) is 1. The average Bonchev–Trinajstić information content (AvgIpc) is 2.46. The molecule has 0 spiro atoms. The number of rotatable bonds is 6. The molecule has 0 aromatic heterocycles. The largest absolute Gasteiger partial charge is 0.482 e. The molecule has 0 aliphatic carbocycles.